The molecule has 2 saturated heterocycles. The monoisotopic (exact) mass is 352 g/mol. The summed E-state index contributed by atoms with van der Waals surface area (Å²) >= 11 is 1.80. The summed E-state index contributed by atoms with van der Waals surface area (Å²) in [5, 5.41) is 2.23. The maximum absolute atomic E-state index is 12.3. The number of aryl methyl sites for hydroxylation is 1. The number of carbonyl (C=O) groups excluding carboxylic acids is 1. The highest BCUT2D eigenvalue weighted by Gasteiger charge is 2.37. The Morgan fingerprint density at radius 3 is 2.67 bits per heavy atom. The third kappa shape index (κ3) is 3.76. The fraction of sp³-hybridized carbons (Fsp3) is 0.722. The third-order valence-electron chi connectivity index (χ3n) is 4.82. The van der Waals surface area contributed by atoms with Gasteiger partial charge in [-0.2, -0.15) is 0 Å². The van der Waals surface area contributed by atoms with Crippen molar-refractivity contribution in [2.45, 2.75) is 52.4 Å². The van der Waals surface area contributed by atoms with E-state index in [-0.39, 0.29) is 18.2 Å². The molecular formula is C18H28N2O3S. The molecule has 24 heavy (non-hydrogen) atoms. The minimum atomic E-state index is -0.448. The van der Waals surface area contributed by atoms with Gasteiger partial charge in [-0.3, -0.25) is 4.90 Å². The Bertz CT molecular complexity index is 608. The van der Waals surface area contributed by atoms with Crippen molar-refractivity contribution in [1.82, 2.24) is 9.80 Å². The Morgan fingerprint density at radius 1 is 1.29 bits per heavy atom. The van der Waals surface area contributed by atoms with Gasteiger partial charge in [0.2, 0.25) is 0 Å². The number of fused-ring (bicyclic) bond motifs is 1. The second-order valence-electron chi connectivity index (χ2n) is 7.77. The molecule has 0 aromatic carbocycles. The maximum Gasteiger partial charge on any atom is 0.410 e. The van der Waals surface area contributed by atoms with Gasteiger partial charge in [-0.05, 0) is 51.1 Å². The van der Waals surface area contributed by atoms with E-state index in [4.69, 9.17) is 9.47 Å². The zero-order valence-corrected chi connectivity index (χ0v) is 16.1. The lowest BCUT2D eigenvalue weighted by Crippen LogP contribution is -2.60. The van der Waals surface area contributed by atoms with Crippen LogP contribution in [0.2, 0.25) is 0 Å². The number of amides is 1. The number of carbonyl (C=O) groups is 1. The average Bonchev–Trinajstić information content (AvgIpc) is 2.84. The van der Waals surface area contributed by atoms with Crippen LogP contribution in [-0.2, 0) is 9.47 Å². The molecule has 134 valence electrons. The zero-order valence-electron chi connectivity index (χ0n) is 15.3. The molecule has 6 heteroatoms. The van der Waals surface area contributed by atoms with E-state index in [1.54, 1.807) is 11.3 Å². The highest BCUT2D eigenvalue weighted by atomic mass is 32.1. The molecular weight excluding hydrogens is 324 g/mol. The van der Waals surface area contributed by atoms with Crippen molar-refractivity contribution in [1.29, 1.82) is 0 Å². The van der Waals surface area contributed by atoms with E-state index >= 15 is 0 Å². The number of hydrogen-bond acceptors (Lipinski definition) is 5. The molecule has 5 nitrogen and oxygen atoms in total. The standard InChI is InChI=1S/C18H28N2O3S/c1-12-13(2)24-11-15(12)16-9-19-6-7-20(8-14(19)10-22-16)17(21)23-18(3,4)5/h11,14,16H,6-10H2,1-5H3/t14-,16-/m0/s1. The molecule has 0 N–H and O–H groups in total. The summed E-state index contributed by atoms with van der Waals surface area (Å²) in [5.74, 6) is 0. The predicted molar refractivity (Wildman–Crippen MR) is 95.7 cm³/mol. The van der Waals surface area contributed by atoms with E-state index in [1.807, 2.05) is 25.7 Å². The number of morpholine rings is 1. The van der Waals surface area contributed by atoms with Gasteiger partial charge < -0.3 is 14.4 Å². The number of thiophene rings is 1. The first-order valence-corrected chi connectivity index (χ1v) is 9.51. The molecule has 2 aliphatic rings. The average molecular weight is 353 g/mol. The number of piperazine rings is 1. The van der Waals surface area contributed by atoms with Crippen LogP contribution in [-0.4, -0.2) is 60.3 Å². The zero-order chi connectivity index (χ0) is 17.5. The molecule has 2 aliphatic heterocycles. The second-order valence-corrected chi connectivity index (χ2v) is 8.85. The highest BCUT2D eigenvalue weighted by Crippen LogP contribution is 2.33. The molecule has 0 bridgehead atoms. The molecule has 1 aromatic heterocycles. The van der Waals surface area contributed by atoms with Crippen LogP contribution in [0.1, 0.15) is 42.9 Å². The number of rotatable bonds is 1. The normalized spacial score (nSPS) is 25.5. The van der Waals surface area contributed by atoms with Crippen LogP contribution in [0.5, 0.6) is 0 Å². The first-order chi connectivity index (χ1) is 11.2. The Balaban J connectivity index is 1.60. The molecule has 0 radical (unpaired) electrons. The summed E-state index contributed by atoms with van der Waals surface area (Å²) in [5.41, 5.74) is 2.23. The van der Waals surface area contributed by atoms with E-state index in [0.29, 0.717) is 13.2 Å². The van der Waals surface area contributed by atoms with Gasteiger partial charge in [0.05, 0.1) is 18.8 Å². The fourth-order valence-corrected chi connectivity index (χ4v) is 4.24. The minimum Gasteiger partial charge on any atom is -0.444 e. The van der Waals surface area contributed by atoms with Gasteiger partial charge in [-0.1, -0.05) is 0 Å². The first kappa shape index (κ1) is 17.7. The topological polar surface area (TPSA) is 42.0 Å². The van der Waals surface area contributed by atoms with Crippen molar-refractivity contribution < 1.29 is 14.3 Å². The smallest absolute Gasteiger partial charge is 0.410 e. The molecule has 0 saturated carbocycles. The Morgan fingerprint density at radius 2 is 2.04 bits per heavy atom. The first-order valence-electron chi connectivity index (χ1n) is 8.63. The second kappa shape index (κ2) is 6.65. The number of hydrogen-bond donors (Lipinski definition) is 0. The molecule has 0 spiro atoms. The summed E-state index contributed by atoms with van der Waals surface area (Å²) in [6.07, 6.45) is -0.0622. The van der Waals surface area contributed by atoms with E-state index in [1.165, 1.54) is 16.0 Å². The molecule has 2 atom stereocenters. The largest absolute Gasteiger partial charge is 0.444 e. The van der Waals surface area contributed by atoms with Gasteiger partial charge in [0.1, 0.15) is 5.60 Å². The highest BCUT2D eigenvalue weighted by molar-refractivity contribution is 7.10. The molecule has 3 rings (SSSR count). The summed E-state index contributed by atoms with van der Waals surface area (Å²) in [6, 6.07) is 0.266. The van der Waals surface area contributed by atoms with Gasteiger partial charge in [-0.25, -0.2) is 4.79 Å². The predicted octanol–water partition coefficient (Wildman–Crippen LogP) is 3.36. The molecule has 0 aliphatic carbocycles. The molecule has 1 aromatic rings. The van der Waals surface area contributed by atoms with E-state index in [2.05, 4.69) is 24.1 Å². The minimum absolute atomic E-state index is 0.152. The van der Waals surface area contributed by atoms with Crippen LogP contribution in [0.15, 0.2) is 5.38 Å². The van der Waals surface area contributed by atoms with Crippen molar-refractivity contribution in [3.63, 3.8) is 0 Å². The van der Waals surface area contributed by atoms with E-state index in [0.717, 1.165) is 19.6 Å². The Kier molecular flexibility index (Phi) is 4.91. The lowest BCUT2D eigenvalue weighted by Gasteiger charge is -2.46. The fourth-order valence-electron chi connectivity index (χ4n) is 3.31. The summed E-state index contributed by atoms with van der Waals surface area (Å²) < 4.78 is 11.6. The van der Waals surface area contributed by atoms with Gasteiger partial charge in [-0.15, -0.1) is 11.3 Å². The van der Waals surface area contributed by atoms with E-state index in [9.17, 15) is 4.79 Å². The molecule has 1 amide bonds. The van der Waals surface area contributed by atoms with Gasteiger partial charge in [0, 0.05) is 31.1 Å². The molecule has 0 unspecified atom stereocenters. The summed E-state index contributed by atoms with van der Waals surface area (Å²) in [7, 11) is 0. The SMILES string of the molecule is Cc1scc([C@@H]2CN3CCN(C(=O)OC(C)(C)C)C[C@H]3CO2)c1C. The van der Waals surface area contributed by atoms with Crippen LogP contribution in [0.4, 0.5) is 4.79 Å². The number of nitrogens with zero attached hydrogens (tertiary/aromatic N) is 2. The number of ether oxygens (including phenoxy) is 2. The molecule has 2 fully saturated rings. The van der Waals surface area contributed by atoms with Crippen molar-refractivity contribution in [3.8, 4) is 0 Å². The van der Waals surface area contributed by atoms with Crippen LogP contribution in [0.3, 0.4) is 0 Å². The lowest BCUT2D eigenvalue weighted by atomic mass is 10.0. The van der Waals surface area contributed by atoms with Gasteiger partial charge in [0.15, 0.2) is 0 Å². The van der Waals surface area contributed by atoms with Crippen molar-refractivity contribution in [3.05, 3.63) is 21.4 Å². The van der Waals surface area contributed by atoms with Crippen molar-refractivity contribution in [2.75, 3.05) is 32.8 Å². The van der Waals surface area contributed by atoms with Gasteiger partial charge in [0.25, 0.3) is 0 Å². The van der Waals surface area contributed by atoms with Crippen molar-refractivity contribution in [2.24, 2.45) is 0 Å². The Labute approximate surface area is 148 Å². The summed E-state index contributed by atoms with van der Waals surface area (Å²) in [6.45, 7) is 13.9. The van der Waals surface area contributed by atoms with Gasteiger partial charge >= 0.3 is 6.09 Å². The summed E-state index contributed by atoms with van der Waals surface area (Å²) in [4.78, 5) is 17.9. The lowest BCUT2D eigenvalue weighted by molar-refractivity contribution is -0.0906. The third-order valence-corrected chi connectivity index (χ3v) is 5.85. The van der Waals surface area contributed by atoms with Crippen LogP contribution in [0.25, 0.3) is 0 Å². The van der Waals surface area contributed by atoms with Crippen LogP contribution < -0.4 is 0 Å². The molecule has 3 heterocycles. The maximum atomic E-state index is 12.3. The quantitative estimate of drug-likeness (QED) is 0.777. The Hall–Kier alpha value is -1.11. The van der Waals surface area contributed by atoms with E-state index < -0.39 is 5.60 Å². The van der Waals surface area contributed by atoms with Crippen LogP contribution in [0, 0.1) is 13.8 Å². The van der Waals surface area contributed by atoms with Crippen LogP contribution >= 0.6 is 11.3 Å². The van der Waals surface area contributed by atoms with Crippen molar-refractivity contribution >= 4 is 17.4 Å².